The van der Waals surface area contributed by atoms with E-state index in [4.69, 9.17) is 9.47 Å². The number of rotatable bonds is 8. The minimum atomic E-state index is -0.346. The van der Waals surface area contributed by atoms with Crippen LogP contribution in [0.15, 0.2) is 59.6 Å². The van der Waals surface area contributed by atoms with E-state index in [0.717, 1.165) is 32.1 Å². The van der Waals surface area contributed by atoms with Crippen LogP contribution in [0.3, 0.4) is 0 Å². The van der Waals surface area contributed by atoms with Gasteiger partial charge in [-0.3, -0.25) is 4.99 Å². The second-order valence-electron chi connectivity index (χ2n) is 7.39. The molecular weight excluding hydrogens is 496 g/mol. The van der Waals surface area contributed by atoms with Gasteiger partial charge in [0.25, 0.3) is 0 Å². The Morgan fingerprint density at radius 3 is 2.67 bits per heavy atom. The Labute approximate surface area is 195 Å². The third-order valence-electron chi connectivity index (χ3n) is 4.97. The molecule has 1 aliphatic rings. The quantitative estimate of drug-likeness (QED) is 0.316. The number of hydrogen-bond acceptors (Lipinski definition) is 3. The largest absolute Gasteiger partial charge is 0.486 e. The minimum Gasteiger partial charge on any atom is -0.486 e. The fraction of sp³-hybridized carbons (Fsp3) is 0.435. The van der Waals surface area contributed by atoms with E-state index in [2.05, 4.69) is 27.3 Å². The molecule has 7 heteroatoms. The van der Waals surface area contributed by atoms with Crippen molar-refractivity contribution in [2.24, 2.45) is 10.9 Å². The maximum atomic E-state index is 13.7. The Morgan fingerprint density at radius 2 is 1.93 bits per heavy atom. The first-order valence-corrected chi connectivity index (χ1v) is 10.1. The molecule has 1 saturated heterocycles. The molecule has 0 bridgehead atoms. The van der Waals surface area contributed by atoms with Gasteiger partial charge in [-0.15, -0.1) is 24.0 Å². The van der Waals surface area contributed by atoms with E-state index in [0.29, 0.717) is 19.1 Å². The molecule has 3 rings (SSSR count). The molecule has 0 amide bonds. The predicted molar refractivity (Wildman–Crippen MR) is 129 cm³/mol. The van der Waals surface area contributed by atoms with E-state index in [1.54, 1.807) is 25.2 Å². The van der Waals surface area contributed by atoms with Gasteiger partial charge in [0.2, 0.25) is 0 Å². The van der Waals surface area contributed by atoms with Crippen LogP contribution in [0.2, 0.25) is 0 Å². The van der Waals surface area contributed by atoms with Crippen LogP contribution in [0.4, 0.5) is 4.39 Å². The maximum absolute atomic E-state index is 13.7. The smallest absolute Gasteiger partial charge is 0.193 e. The maximum Gasteiger partial charge on any atom is 0.193 e. The van der Waals surface area contributed by atoms with Gasteiger partial charge >= 0.3 is 0 Å². The first kappa shape index (κ1) is 24.4. The van der Waals surface area contributed by atoms with Crippen molar-refractivity contribution in [1.82, 2.24) is 10.2 Å². The molecule has 0 saturated carbocycles. The first-order valence-electron chi connectivity index (χ1n) is 10.1. The number of guanidine groups is 1. The summed E-state index contributed by atoms with van der Waals surface area (Å²) in [6.45, 7) is 5.71. The summed E-state index contributed by atoms with van der Waals surface area (Å²) in [4.78, 5) is 6.63. The van der Waals surface area contributed by atoms with Crippen molar-refractivity contribution < 1.29 is 13.9 Å². The van der Waals surface area contributed by atoms with Crippen LogP contribution in [0.1, 0.15) is 18.9 Å². The third kappa shape index (κ3) is 7.43. The lowest BCUT2D eigenvalue weighted by Gasteiger charge is -2.24. The fourth-order valence-corrected chi connectivity index (χ4v) is 3.44. The van der Waals surface area contributed by atoms with E-state index in [9.17, 15) is 4.39 Å². The summed E-state index contributed by atoms with van der Waals surface area (Å²) in [7, 11) is 1.78. The fourth-order valence-electron chi connectivity index (χ4n) is 3.44. The van der Waals surface area contributed by atoms with Crippen molar-refractivity contribution in [2.45, 2.75) is 26.1 Å². The van der Waals surface area contributed by atoms with Crippen molar-refractivity contribution in [3.63, 3.8) is 0 Å². The predicted octanol–water partition coefficient (Wildman–Crippen LogP) is 4.33. The number of ether oxygens (including phenoxy) is 2. The van der Waals surface area contributed by atoms with Gasteiger partial charge in [0, 0.05) is 26.1 Å². The van der Waals surface area contributed by atoms with Gasteiger partial charge in [-0.25, -0.2) is 4.39 Å². The van der Waals surface area contributed by atoms with Crippen LogP contribution in [0.25, 0.3) is 0 Å². The average molecular weight is 527 g/mol. The standard InChI is InChI=1S/C23H30FN3O2.HI/c1-18(29-22-11-7-6-10-21(22)24)14-26-23(25-2)27-13-12-20(15-27)17-28-16-19-8-4-3-5-9-19;/h3-11,18,20H,12-17H2,1-2H3,(H,25,26);1H. The van der Waals surface area contributed by atoms with E-state index < -0.39 is 0 Å². The van der Waals surface area contributed by atoms with E-state index in [1.807, 2.05) is 25.1 Å². The molecule has 164 valence electrons. The molecule has 1 aliphatic heterocycles. The van der Waals surface area contributed by atoms with Crippen LogP contribution in [0.5, 0.6) is 5.75 Å². The topological polar surface area (TPSA) is 46.1 Å². The molecule has 0 radical (unpaired) electrons. The molecule has 2 aromatic carbocycles. The van der Waals surface area contributed by atoms with Crippen molar-refractivity contribution in [1.29, 1.82) is 0 Å². The molecule has 5 nitrogen and oxygen atoms in total. The Morgan fingerprint density at radius 1 is 1.20 bits per heavy atom. The van der Waals surface area contributed by atoms with Gasteiger partial charge in [-0.1, -0.05) is 42.5 Å². The van der Waals surface area contributed by atoms with Gasteiger partial charge in [0.1, 0.15) is 6.10 Å². The Hall–Kier alpha value is -1.87. The van der Waals surface area contributed by atoms with Gasteiger partial charge < -0.3 is 19.7 Å². The number of halogens is 2. The molecule has 1 N–H and O–H groups in total. The summed E-state index contributed by atoms with van der Waals surface area (Å²) in [5.74, 6) is 1.26. The summed E-state index contributed by atoms with van der Waals surface area (Å²) >= 11 is 0. The molecule has 1 heterocycles. The Kier molecular flexibility index (Phi) is 10.4. The lowest BCUT2D eigenvalue weighted by Crippen LogP contribution is -2.43. The monoisotopic (exact) mass is 527 g/mol. The summed E-state index contributed by atoms with van der Waals surface area (Å²) < 4.78 is 25.3. The number of nitrogens with zero attached hydrogens (tertiary/aromatic N) is 2. The molecular formula is C23H31FIN3O2. The van der Waals surface area contributed by atoms with Crippen molar-refractivity contribution in [2.75, 3.05) is 33.3 Å². The van der Waals surface area contributed by atoms with Crippen LogP contribution in [-0.4, -0.2) is 50.3 Å². The lowest BCUT2D eigenvalue weighted by atomic mass is 10.1. The van der Waals surface area contributed by atoms with Crippen LogP contribution >= 0.6 is 24.0 Å². The van der Waals surface area contributed by atoms with E-state index in [-0.39, 0.29) is 41.6 Å². The Bertz CT molecular complexity index is 791. The van der Waals surface area contributed by atoms with Crippen LogP contribution < -0.4 is 10.1 Å². The summed E-state index contributed by atoms with van der Waals surface area (Å²) in [6, 6.07) is 16.7. The zero-order valence-corrected chi connectivity index (χ0v) is 19.9. The molecule has 0 aliphatic carbocycles. The van der Waals surface area contributed by atoms with E-state index in [1.165, 1.54) is 11.6 Å². The highest BCUT2D eigenvalue weighted by Gasteiger charge is 2.25. The average Bonchev–Trinajstić information content (AvgIpc) is 3.20. The lowest BCUT2D eigenvalue weighted by molar-refractivity contribution is 0.0906. The van der Waals surface area contributed by atoms with Gasteiger partial charge in [-0.05, 0) is 31.0 Å². The number of likely N-dealkylation sites (tertiary alicyclic amines) is 1. The molecule has 0 aromatic heterocycles. The van der Waals surface area contributed by atoms with Crippen molar-refractivity contribution >= 4 is 29.9 Å². The van der Waals surface area contributed by atoms with Crippen molar-refractivity contribution in [3.8, 4) is 5.75 Å². The number of benzene rings is 2. The molecule has 0 spiro atoms. The highest BCUT2D eigenvalue weighted by atomic mass is 127. The second kappa shape index (κ2) is 12.7. The third-order valence-corrected chi connectivity index (χ3v) is 4.97. The molecule has 2 atom stereocenters. The highest BCUT2D eigenvalue weighted by molar-refractivity contribution is 14.0. The minimum absolute atomic E-state index is 0. The van der Waals surface area contributed by atoms with Crippen molar-refractivity contribution in [3.05, 3.63) is 66.0 Å². The number of hydrogen-bond donors (Lipinski definition) is 1. The number of para-hydroxylation sites is 1. The summed E-state index contributed by atoms with van der Waals surface area (Å²) in [5.41, 5.74) is 1.20. The van der Waals surface area contributed by atoms with E-state index >= 15 is 0 Å². The SMILES string of the molecule is CN=C(NCC(C)Oc1ccccc1F)N1CCC(COCc2ccccc2)C1.I. The summed E-state index contributed by atoms with van der Waals surface area (Å²) in [5, 5.41) is 3.34. The summed E-state index contributed by atoms with van der Waals surface area (Å²) in [6.07, 6.45) is 0.896. The second-order valence-corrected chi connectivity index (χ2v) is 7.39. The van der Waals surface area contributed by atoms with Crippen LogP contribution in [-0.2, 0) is 11.3 Å². The number of nitrogens with one attached hydrogen (secondary N) is 1. The van der Waals surface area contributed by atoms with Crippen LogP contribution in [0, 0.1) is 11.7 Å². The van der Waals surface area contributed by atoms with Gasteiger partial charge in [-0.2, -0.15) is 0 Å². The highest BCUT2D eigenvalue weighted by Crippen LogP contribution is 2.18. The number of aliphatic imine (C=N–C) groups is 1. The Balaban J connectivity index is 0.00000320. The first-order chi connectivity index (χ1) is 14.2. The van der Waals surface area contributed by atoms with Gasteiger partial charge in [0.05, 0.1) is 19.8 Å². The zero-order valence-electron chi connectivity index (χ0n) is 17.6. The van der Waals surface area contributed by atoms with Gasteiger partial charge in [0.15, 0.2) is 17.5 Å². The normalized spacial score (nSPS) is 17.4. The zero-order chi connectivity index (χ0) is 20.5. The molecule has 2 aromatic rings. The molecule has 30 heavy (non-hydrogen) atoms. The molecule has 1 fully saturated rings. The molecule has 2 unspecified atom stereocenters.